The Morgan fingerprint density at radius 3 is 2.16 bits per heavy atom. The van der Waals surface area contributed by atoms with Gasteiger partial charge in [0.1, 0.15) is 11.2 Å². The minimum Gasteiger partial charge on any atom is -0.455 e. The summed E-state index contributed by atoms with van der Waals surface area (Å²) in [6.45, 7) is 14.2. The smallest absolute Gasteiger partial charge is 0.144 e. The van der Waals surface area contributed by atoms with Crippen molar-refractivity contribution in [3.8, 4) is 22.3 Å². The van der Waals surface area contributed by atoms with Crippen LogP contribution in [0.25, 0.3) is 55.5 Å². The van der Waals surface area contributed by atoms with E-state index in [0.717, 1.165) is 63.7 Å². The first kappa shape index (κ1) is 38.4. The molecule has 0 N–H and O–H groups in total. The largest absolute Gasteiger partial charge is 0.455 e. The second-order valence-corrected chi connectivity index (χ2v) is 18.5. The number of aliphatic imine (C=N–C) groups is 1. The van der Waals surface area contributed by atoms with Crippen molar-refractivity contribution in [1.29, 1.82) is 0 Å². The van der Waals surface area contributed by atoms with E-state index in [9.17, 15) is 0 Å². The minimum atomic E-state index is -0.0212. The standard InChI is InChI=1S/C60H53NO/c1-7-39-34-50(41-18-9-8-10-19-41)36(2)37(3)57(61-58(39)49-25-17-24-47-46-22-14-16-27-55(46)62-59(47)49)42-30-28-40(29-31-42)38(4)51-35-52-45(43-20-11-12-21-44(43)51)32-33-54-56(52)48-23-13-15-26-53(48)60(54,5)6/h8-33,37-38,51H,7,34-35H2,1-6H3/b50-36+,58-39-,61-57?. The normalized spacial score (nSPS) is 20.8. The maximum atomic E-state index is 6.69. The van der Waals surface area contributed by atoms with Gasteiger partial charge in [-0.1, -0.05) is 186 Å². The Hall–Kier alpha value is -6.51. The van der Waals surface area contributed by atoms with Gasteiger partial charge in [0.15, 0.2) is 0 Å². The Morgan fingerprint density at radius 2 is 1.35 bits per heavy atom. The van der Waals surface area contributed by atoms with Crippen molar-refractivity contribution in [2.75, 3.05) is 0 Å². The number of hydrogen-bond donors (Lipinski definition) is 0. The molecule has 1 aliphatic heterocycles. The Kier molecular flexibility index (Phi) is 9.20. The zero-order chi connectivity index (χ0) is 42.3. The predicted octanol–water partition coefficient (Wildman–Crippen LogP) is 16.1. The maximum Gasteiger partial charge on any atom is 0.144 e. The molecule has 0 saturated heterocycles. The molecule has 3 atom stereocenters. The van der Waals surface area contributed by atoms with Gasteiger partial charge in [-0.2, -0.15) is 0 Å². The summed E-state index contributed by atoms with van der Waals surface area (Å²) in [5.74, 6) is 0.733. The lowest BCUT2D eigenvalue weighted by Crippen LogP contribution is -2.20. The van der Waals surface area contributed by atoms with Gasteiger partial charge in [-0.25, -0.2) is 0 Å². The van der Waals surface area contributed by atoms with Gasteiger partial charge in [0.05, 0.1) is 11.4 Å². The van der Waals surface area contributed by atoms with Crippen LogP contribution in [0.2, 0.25) is 0 Å². The fourth-order valence-corrected chi connectivity index (χ4v) is 11.3. The average molecular weight is 804 g/mol. The van der Waals surface area contributed by atoms with E-state index in [0.29, 0.717) is 11.8 Å². The first-order valence-electron chi connectivity index (χ1n) is 22.6. The molecule has 11 rings (SSSR count). The minimum absolute atomic E-state index is 0.0212. The number of para-hydroxylation sites is 2. The molecule has 62 heavy (non-hydrogen) atoms. The summed E-state index contributed by atoms with van der Waals surface area (Å²) in [5.41, 5.74) is 24.4. The van der Waals surface area contributed by atoms with Crippen LogP contribution in [0.15, 0.2) is 178 Å². The van der Waals surface area contributed by atoms with Crippen molar-refractivity contribution >= 4 is 38.9 Å². The molecule has 7 aromatic carbocycles. The summed E-state index contributed by atoms with van der Waals surface area (Å²) in [6, 6.07) is 58.5. The van der Waals surface area contributed by atoms with Crippen LogP contribution in [0.4, 0.5) is 0 Å². The van der Waals surface area contributed by atoms with Gasteiger partial charge >= 0.3 is 0 Å². The van der Waals surface area contributed by atoms with Gasteiger partial charge in [0, 0.05) is 27.7 Å². The molecule has 8 aromatic rings. The van der Waals surface area contributed by atoms with E-state index < -0.39 is 0 Å². The topological polar surface area (TPSA) is 25.5 Å². The van der Waals surface area contributed by atoms with E-state index in [2.05, 4.69) is 199 Å². The number of nitrogens with zero attached hydrogens (tertiary/aromatic N) is 1. The van der Waals surface area contributed by atoms with Gasteiger partial charge < -0.3 is 4.42 Å². The second kappa shape index (κ2) is 14.8. The molecule has 2 heteroatoms. The van der Waals surface area contributed by atoms with Crippen molar-refractivity contribution in [2.24, 2.45) is 10.9 Å². The monoisotopic (exact) mass is 803 g/mol. The Morgan fingerprint density at radius 1 is 0.661 bits per heavy atom. The van der Waals surface area contributed by atoms with Crippen LogP contribution in [0.1, 0.15) is 111 Å². The number of rotatable bonds is 6. The van der Waals surface area contributed by atoms with E-state index in [1.807, 2.05) is 0 Å². The van der Waals surface area contributed by atoms with Gasteiger partial charge in [-0.3, -0.25) is 4.99 Å². The van der Waals surface area contributed by atoms with Crippen molar-refractivity contribution in [3.05, 3.63) is 213 Å². The lowest BCUT2D eigenvalue weighted by molar-refractivity contribution is 0.568. The number of allylic oxidation sites excluding steroid dienone is 3. The van der Waals surface area contributed by atoms with Crippen LogP contribution >= 0.6 is 0 Å². The SMILES string of the molecule is CC/C1=C(\c2cccc3c2oc2ccccc23)N=C(c2ccc(C(C)C3Cc4c(ccc5c4-c4ccccc4C5(C)C)-c4ccccc43)cc2)C(C)/C(C)=C(/c2ccccc2)C1. The Labute approximate surface area is 366 Å². The van der Waals surface area contributed by atoms with Crippen LogP contribution < -0.4 is 0 Å². The number of hydrogen-bond acceptors (Lipinski definition) is 2. The van der Waals surface area contributed by atoms with E-state index in [-0.39, 0.29) is 11.3 Å². The molecule has 3 aliphatic rings. The molecule has 1 aromatic heterocycles. The third-order valence-electron chi connectivity index (χ3n) is 15.0. The molecule has 0 radical (unpaired) electrons. The number of furan rings is 1. The molecule has 0 saturated carbocycles. The molecule has 0 fully saturated rings. The Balaban J connectivity index is 1.02. The second-order valence-electron chi connectivity index (χ2n) is 18.5. The van der Waals surface area contributed by atoms with Gasteiger partial charge in [-0.15, -0.1) is 0 Å². The number of fused-ring (bicyclic) bond motifs is 10. The van der Waals surface area contributed by atoms with Crippen LogP contribution in [-0.2, 0) is 11.8 Å². The molecule has 2 heterocycles. The lowest BCUT2D eigenvalue weighted by Gasteiger charge is -2.34. The molecule has 2 aliphatic carbocycles. The first-order valence-corrected chi connectivity index (χ1v) is 22.6. The van der Waals surface area contributed by atoms with E-state index in [1.165, 1.54) is 72.4 Å². The third-order valence-corrected chi connectivity index (χ3v) is 15.0. The van der Waals surface area contributed by atoms with E-state index >= 15 is 0 Å². The maximum absolute atomic E-state index is 6.69. The summed E-state index contributed by atoms with van der Waals surface area (Å²) in [5, 5.41) is 2.27. The van der Waals surface area contributed by atoms with Crippen molar-refractivity contribution in [3.63, 3.8) is 0 Å². The molecule has 0 amide bonds. The Bertz CT molecular complexity index is 3170. The van der Waals surface area contributed by atoms with Crippen LogP contribution in [-0.4, -0.2) is 5.71 Å². The van der Waals surface area contributed by atoms with Crippen LogP contribution in [0, 0.1) is 5.92 Å². The zero-order valence-corrected chi connectivity index (χ0v) is 36.7. The summed E-state index contributed by atoms with van der Waals surface area (Å²) in [4.78, 5) is 5.79. The quantitative estimate of drug-likeness (QED) is 0.164. The highest BCUT2D eigenvalue weighted by Crippen LogP contribution is 2.56. The molecule has 3 unspecified atom stereocenters. The van der Waals surface area contributed by atoms with Crippen LogP contribution in [0.3, 0.4) is 0 Å². The highest BCUT2D eigenvalue weighted by Gasteiger charge is 2.40. The first-order chi connectivity index (χ1) is 30.2. The summed E-state index contributed by atoms with van der Waals surface area (Å²) < 4.78 is 6.69. The van der Waals surface area contributed by atoms with Gasteiger partial charge in [0.2, 0.25) is 0 Å². The zero-order valence-electron chi connectivity index (χ0n) is 36.7. The molecular weight excluding hydrogens is 751 g/mol. The van der Waals surface area contributed by atoms with Crippen molar-refractivity contribution < 1.29 is 4.42 Å². The average Bonchev–Trinajstić information content (AvgIpc) is 3.81. The molecule has 0 bridgehead atoms. The van der Waals surface area contributed by atoms with E-state index in [4.69, 9.17) is 9.41 Å². The molecule has 2 nitrogen and oxygen atoms in total. The summed E-state index contributed by atoms with van der Waals surface area (Å²) >= 11 is 0. The number of benzene rings is 7. The summed E-state index contributed by atoms with van der Waals surface area (Å²) in [6.07, 6.45) is 2.74. The fraction of sp³-hybridized carbons (Fsp3) is 0.217. The van der Waals surface area contributed by atoms with E-state index in [1.54, 1.807) is 0 Å². The highest BCUT2D eigenvalue weighted by molar-refractivity contribution is 6.11. The van der Waals surface area contributed by atoms with Crippen LogP contribution in [0.5, 0.6) is 0 Å². The van der Waals surface area contributed by atoms with Gasteiger partial charge in [-0.05, 0) is 122 Å². The fourth-order valence-electron chi connectivity index (χ4n) is 11.3. The summed E-state index contributed by atoms with van der Waals surface area (Å²) in [7, 11) is 0. The molecular formula is C60H53NO. The predicted molar refractivity (Wildman–Crippen MR) is 261 cm³/mol. The molecule has 0 spiro atoms. The van der Waals surface area contributed by atoms with Crippen molar-refractivity contribution in [2.45, 2.75) is 78.1 Å². The highest BCUT2D eigenvalue weighted by atomic mass is 16.3. The third kappa shape index (κ3) is 5.94. The van der Waals surface area contributed by atoms with Gasteiger partial charge in [0.25, 0.3) is 0 Å². The van der Waals surface area contributed by atoms with Crippen molar-refractivity contribution in [1.82, 2.24) is 0 Å². The molecule has 304 valence electrons. The lowest BCUT2D eigenvalue weighted by atomic mass is 9.69.